The molecule has 85 heavy (non-hydrogen) atoms. The second-order valence-electron chi connectivity index (χ2n) is 22.6. The SMILES string of the molecule is CC1(C)c2cc(N(c3ccc(-c4nc5ccccc5o4)cc3)c3ccc4c5ccccc5n(-c5ccccc5)c4c3)ccc2-c2ccc(N(c3ccc(-c4nc5ccccc5o4)cc3)c3ccc4c5ccccc5n(-c5ccccc5)c4c3)cc21. The number of para-hydroxylation sites is 8. The van der Waals surface area contributed by atoms with E-state index in [0.717, 1.165) is 101 Å². The molecule has 1 aliphatic rings. The van der Waals surface area contributed by atoms with Crippen molar-refractivity contribution in [1.82, 2.24) is 19.1 Å². The predicted molar refractivity (Wildman–Crippen MR) is 348 cm³/mol. The summed E-state index contributed by atoms with van der Waals surface area (Å²) in [5.41, 5.74) is 22.6. The first kappa shape index (κ1) is 48.5. The summed E-state index contributed by atoms with van der Waals surface area (Å²) in [4.78, 5) is 14.5. The fraction of sp³-hybridized carbons (Fsp3) is 0.0390. The topological polar surface area (TPSA) is 68.4 Å². The van der Waals surface area contributed by atoms with Crippen LogP contribution in [0.3, 0.4) is 0 Å². The zero-order chi connectivity index (χ0) is 56.3. The normalized spacial score (nSPS) is 12.7. The molecule has 4 heterocycles. The third-order valence-electron chi connectivity index (χ3n) is 17.4. The van der Waals surface area contributed by atoms with Crippen molar-refractivity contribution >= 4 is 99.9 Å². The van der Waals surface area contributed by atoms with Crippen LogP contribution in [0.25, 0.3) is 111 Å². The maximum atomic E-state index is 6.28. The number of oxazole rings is 2. The maximum Gasteiger partial charge on any atom is 0.227 e. The first-order valence-electron chi connectivity index (χ1n) is 28.9. The van der Waals surface area contributed by atoms with E-state index in [1.165, 1.54) is 43.8 Å². The largest absolute Gasteiger partial charge is 0.436 e. The highest BCUT2D eigenvalue weighted by atomic mass is 16.4. The molecule has 16 aromatic rings. The Morgan fingerprint density at radius 3 is 1.11 bits per heavy atom. The van der Waals surface area contributed by atoms with E-state index >= 15 is 0 Å². The van der Waals surface area contributed by atoms with Gasteiger partial charge in [0.2, 0.25) is 11.8 Å². The molecule has 17 rings (SSSR count). The van der Waals surface area contributed by atoms with Gasteiger partial charge in [-0.1, -0.05) is 135 Å². The zero-order valence-corrected chi connectivity index (χ0v) is 46.6. The minimum Gasteiger partial charge on any atom is -0.436 e. The van der Waals surface area contributed by atoms with Gasteiger partial charge in [-0.3, -0.25) is 0 Å². The van der Waals surface area contributed by atoms with Crippen LogP contribution in [0.2, 0.25) is 0 Å². The van der Waals surface area contributed by atoms with Gasteiger partial charge in [-0.15, -0.1) is 0 Å². The number of hydrogen-bond donors (Lipinski definition) is 0. The van der Waals surface area contributed by atoms with Crippen LogP contribution in [0.4, 0.5) is 34.1 Å². The Kier molecular flexibility index (Phi) is 10.8. The highest BCUT2D eigenvalue weighted by Gasteiger charge is 2.37. The summed E-state index contributed by atoms with van der Waals surface area (Å²) in [6.45, 7) is 4.75. The molecule has 0 N–H and O–H groups in total. The monoisotopic (exact) mass is 1090 g/mol. The summed E-state index contributed by atoms with van der Waals surface area (Å²) < 4.78 is 17.3. The lowest BCUT2D eigenvalue weighted by Crippen LogP contribution is -2.17. The van der Waals surface area contributed by atoms with E-state index in [1.807, 2.05) is 48.5 Å². The van der Waals surface area contributed by atoms with Crippen LogP contribution in [0.1, 0.15) is 25.0 Å². The minimum atomic E-state index is -0.394. The first-order valence-corrected chi connectivity index (χ1v) is 28.9. The number of fused-ring (bicyclic) bond motifs is 11. The van der Waals surface area contributed by atoms with Crippen LogP contribution in [0.5, 0.6) is 0 Å². The van der Waals surface area contributed by atoms with E-state index < -0.39 is 5.41 Å². The molecule has 4 aromatic heterocycles. The molecule has 1 aliphatic carbocycles. The maximum absolute atomic E-state index is 6.28. The van der Waals surface area contributed by atoms with E-state index in [9.17, 15) is 0 Å². The molecular formula is C77H52N6O2. The summed E-state index contributed by atoms with van der Waals surface area (Å²) >= 11 is 0. The van der Waals surface area contributed by atoms with Gasteiger partial charge in [0.15, 0.2) is 11.2 Å². The van der Waals surface area contributed by atoms with Crippen molar-refractivity contribution in [3.63, 3.8) is 0 Å². The van der Waals surface area contributed by atoms with Gasteiger partial charge in [0.05, 0.1) is 22.1 Å². The Hall–Kier alpha value is -11.2. The average molecular weight is 1090 g/mol. The number of benzene rings is 12. The number of nitrogens with zero attached hydrogens (tertiary/aromatic N) is 6. The van der Waals surface area contributed by atoms with Crippen LogP contribution >= 0.6 is 0 Å². The number of hydrogen-bond acceptors (Lipinski definition) is 6. The molecule has 402 valence electrons. The molecule has 0 aliphatic heterocycles. The summed E-state index contributed by atoms with van der Waals surface area (Å²) in [6, 6.07) is 99.7. The van der Waals surface area contributed by atoms with Gasteiger partial charge in [-0.25, -0.2) is 9.97 Å². The number of anilines is 6. The summed E-state index contributed by atoms with van der Waals surface area (Å²) in [5.74, 6) is 1.19. The van der Waals surface area contributed by atoms with E-state index in [0.29, 0.717) is 11.8 Å². The Balaban J connectivity index is 0.804. The highest BCUT2D eigenvalue weighted by Crippen LogP contribution is 2.53. The number of rotatable bonds is 10. The molecule has 0 amide bonds. The van der Waals surface area contributed by atoms with E-state index in [1.54, 1.807) is 0 Å². The fourth-order valence-corrected chi connectivity index (χ4v) is 13.3. The van der Waals surface area contributed by atoms with E-state index in [-0.39, 0.29) is 0 Å². The fourth-order valence-electron chi connectivity index (χ4n) is 13.3. The predicted octanol–water partition coefficient (Wildman–Crippen LogP) is 20.7. The Labute approximate surface area is 490 Å². The van der Waals surface area contributed by atoms with E-state index in [4.69, 9.17) is 18.8 Å². The number of aromatic nitrogens is 4. The molecule has 12 aromatic carbocycles. The van der Waals surface area contributed by atoms with Crippen LogP contribution in [-0.4, -0.2) is 19.1 Å². The average Bonchev–Trinajstić information content (AvgIpc) is 2.86. The van der Waals surface area contributed by atoms with Gasteiger partial charge in [0.25, 0.3) is 0 Å². The Morgan fingerprint density at radius 1 is 0.318 bits per heavy atom. The molecular weight excluding hydrogens is 1040 g/mol. The molecule has 0 unspecified atom stereocenters. The third-order valence-corrected chi connectivity index (χ3v) is 17.4. The molecule has 8 heteroatoms. The van der Waals surface area contributed by atoms with Crippen molar-refractivity contribution in [3.05, 3.63) is 290 Å². The van der Waals surface area contributed by atoms with Crippen LogP contribution in [0.15, 0.2) is 288 Å². The molecule has 0 bridgehead atoms. The van der Waals surface area contributed by atoms with Crippen molar-refractivity contribution in [2.75, 3.05) is 9.80 Å². The standard InChI is InChI=1S/C77H52N6O2/c1-77(2)65-45-55(80(53-33-29-49(30-34-53)75-78-67-23-11-15-27-73(67)84-75)57-39-43-63-61-21-9-13-25-69(61)82(71(63)47-57)51-17-5-3-6-18-51)37-41-59(65)60-42-38-56(46-66(60)77)81(54-35-31-50(32-36-54)76-79-68-24-12-16-28-74(68)85-76)58-40-44-64-62-22-10-14-26-70(62)83(72(64)48-58)52-19-7-4-8-20-52/h3-48H,1-2H3. The van der Waals surface area contributed by atoms with Crippen LogP contribution in [-0.2, 0) is 5.41 Å². The minimum absolute atomic E-state index is 0.394. The lowest BCUT2D eigenvalue weighted by Gasteiger charge is -2.29. The van der Waals surface area contributed by atoms with Crippen LogP contribution < -0.4 is 9.80 Å². The molecule has 0 atom stereocenters. The van der Waals surface area contributed by atoms with Crippen molar-refractivity contribution in [3.8, 4) is 45.4 Å². The summed E-state index contributed by atoms with van der Waals surface area (Å²) in [7, 11) is 0. The van der Waals surface area contributed by atoms with Crippen molar-refractivity contribution in [2.45, 2.75) is 19.3 Å². The second-order valence-corrected chi connectivity index (χ2v) is 22.6. The summed E-state index contributed by atoms with van der Waals surface area (Å²) in [6.07, 6.45) is 0. The van der Waals surface area contributed by atoms with Crippen LogP contribution in [0, 0.1) is 0 Å². The summed E-state index contributed by atoms with van der Waals surface area (Å²) in [5, 5.41) is 4.82. The van der Waals surface area contributed by atoms with Gasteiger partial charge in [-0.05, 0) is 180 Å². The van der Waals surface area contributed by atoms with Gasteiger partial charge in [0, 0.05) is 83.6 Å². The van der Waals surface area contributed by atoms with Gasteiger partial charge < -0.3 is 27.8 Å². The molecule has 0 saturated heterocycles. The van der Waals surface area contributed by atoms with Gasteiger partial charge >= 0.3 is 0 Å². The highest BCUT2D eigenvalue weighted by molar-refractivity contribution is 6.12. The molecule has 8 nitrogen and oxygen atoms in total. The molecule has 0 saturated carbocycles. The first-order chi connectivity index (χ1) is 41.9. The van der Waals surface area contributed by atoms with Gasteiger partial charge in [0.1, 0.15) is 11.0 Å². The van der Waals surface area contributed by atoms with Gasteiger partial charge in [-0.2, -0.15) is 0 Å². The molecule has 0 radical (unpaired) electrons. The van der Waals surface area contributed by atoms with Crippen molar-refractivity contribution < 1.29 is 8.83 Å². The third kappa shape index (κ3) is 7.76. The van der Waals surface area contributed by atoms with Crippen molar-refractivity contribution in [2.24, 2.45) is 0 Å². The smallest absolute Gasteiger partial charge is 0.227 e. The quantitative estimate of drug-likeness (QED) is 0.136. The Morgan fingerprint density at radius 2 is 0.671 bits per heavy atom. The molecule has 0 fully saturated rings. The Bertz CT molecular complexity index is 4890. The lowest BCUT2D eigenvalue weighted by atomic mass is 9.82. The lowest BCUT2D eigenvalue weighted by molar-refractivity contribution is 0.619. The molecule has 0 spiro atoms. The second kappa shape index (κ2) is 18.9. The van der Waals surface area contributed by atoms with Crippen molar-refractivity contribution in [1.29, 1.82) is 0 Å². The zero-order valence-electron chi connectivity index (χ0n) is 46.6. The van der Waals surface area contributed by atoms with E-state index in [2.05, 4.69) is 263 Å².